The molecule has 0 atom stereocenters. The average Bonchev–Trinajstić information content (AvgIpc) is 3.50. The van der Waals surface area contributed by atoms with E-state index in [2.05, 4.69) is 136 Å². The van der Waals surface area contributed by atoms with E-state index in [9.17, 15) is 0 Å². The van der Waals surface area contributed by atoms with Gasteiger partial charge < -0.3 is 0 Å². The van der Waals surface area contributed by atoms with Crippen LogP contribution in [0.1, 0.15) is 0 Å². The van der Waals surface area contributed by atoms with Gasteiger partial charge in [0.05, 0.1) is 22.4 Å². The van der Waals surface area contributed by atoms with Crippen molar-refractivity contribution in [2.75, 3.05) is 0 Å². The number of benzene rings is 6. The van der Waals surface area contributed by atoms with Gasteiger partial charge >= 0.3 is 0 Å². The molecule has 2 aromatic heterocycles. The van der Waals surface area contributed by atoms with Crippen molar-refractivity contribution in [2.24, 2.45) is 0 Å². The smallest absolute Gasteiger partial charge is 0.145 e. The highest BCUT2D eigenvalue weighted by atomic mass is 15.1. The Morgan fingerprint density at radius 1 is 0.465 bits per heavy atom. The number of hydrogen-bond donors (Lipinski definition) is 0. The molecule has 202 valence electrons. The van der Waals surface area contributed by atoms with E-state index >= 15 is 0 Å². The first-order valence-electron chi connectivity index (χ1n) is 14.4. The van der Waals surface area contributed by atoms with Gasteiger partial charge in [0.15, 0.2) is 0 Å². The molecule has 0 aliphatic carbocycles. The average molecular weight is 551 g/mol. The van der Waals surface area contributed by atoms with E-state index in [0.29, 0.717) is 0 Å². The van der Waals surface area contributed by atoms with Gasteiger partial charge in [-0.3, -0.25) is 14.5 Å². The van der Waals surface area contributed by atoms with Crippen LogP contribution in [0.3, 0.4) is 0 Å². The van der Waals surface area contributed by atoms with Gasteiger partial charge in [-0.15, -0.1) is 0 Å². The number of aromatic nitrogens is 4. The zero-order valence-corrected chi connectivity index (χ0v) is 23.3. The van der Waals surface area contributed by atoms with Crippen molar-refractivity contribution >= 4 is 21.8 Å². The Kier molecular flexibility index (Phi) is 6.08. The number of imidazole rings is 1. The van der Waals surface area contributed by atoms with Crippen molar-refractivity contribution in [3.8, 4) is 50.7 Å². The Balaban J connectivity index is 1.35. The van der Waals surface area contributed by atoms with Crippen molar-refractivity contribution in [1.82, 2.24) is 19.5 Å². The summed E-state index contributed by atoms with van der Waals surface area (Å²) in [4.78, 5) is 14.4. The van der Waals surface area contributed by atoms with Crippen LogP contribution in [0, 0.1) is 0 Å². The molecule has 0 saturated heterocycles. The van der Waals surface area contributed by atoms with Crippen molar-refractivity contribution in [3.63, 3.8) is 0 Å². The summed E-state index contributed by atoms with van der Waals surface area (Å²) in [5, 5.41) is 2.31. The second kappa shape index (κ2) is 10.5. The molecular weight excluding hydrogens is 524 g/mol. The quantitative estimate of drug-likeness (QED) is 0.214. The van der Waals surface area contributed by atoms with Crippen molar-refractivity contribution < 1.29 is 0 Å². The monoisotopic (exact) mass is 550 g/mol. The highest BCUT2D eigenvalue weighted by Crippen LogP contribution is 2.39. The van der Waals surface area contributed by atoms with Gasteiger partial charge in [-0.2, -0.15) is 0 Å². The number of nitrogens with zero attached hydrogens (tertiary/aromatic N) is 4. The summed E-state index contributed by atoms with van der Waals surface area (Å²) in [6.45, 7) is 0. The van der Waals surface area contributed by atoms with E-state index in [1.54, 1.807) is 12.4 Å². The van der Waals surface area contributed by atoms with Gasteiger partial charge in [-0.05, 0) is 40.6 Å². The maximum absolute atomic E-state index is 5.32. The third-order valence-corrected chi connectivity index (χ3v) is 7.90. The van der Waals surface area contributed by atoms with Gasteiger partial charge in [0.1, 0.15) is 5.82 Å². The van der Waals surface area contributed by atoms with Gasteiger partial charge in [-0.1, -0.05) is 121 Å². The predicted octanol–water partition coefficient (Wildman–Crippen LogP) is 9.64. The van der Waals surface area contributed by atoms with Gasteiger partial charge in [0.25, 0.3) is 0 Å². The fourth-order valence-corrected chi connectivity index (χ4v) is 5.88. The third kappa shape index (κ3) is 4.46. The molecule has 6 aromatic carbocycles. The van der Waals surface area contributed by atoms with Crippen molar-refractivity contribution in [1.29, 1.82) is 0 Å². The van der Waals surface area contributed by atoms with Crippen LogP contribution in [0.2, 0.25) is 0 Å². The van der Waals surface area contributed by atoms with E-state index in [-0.39, 0.29) is 0 Å². The molecule has 0 spiro atoms. The molecule has 8 rings (SSSR count). The summed E-state index contributed by atoms with van der Waals surface area (Å²) in [5.74, 6) is 0.906. The van der Waals surface area contributed by atoms with Crippen LogP contribution in [0.15, 0.2) is 158 Å². The Hall–Kier alpha value is -5.87. The summed E-state index contributed by atoms with van der Waals surface area (Å²) >= 11 is 0. The van der Waals surface area contributed by atoms with Crippen LogP contribution >= 0.6 is 0 Å². The summed E-state index contributed by atoms with van der Waals surface area (Å²) in [6, 6.07) is 50.9. The fraction of sp³-hybridized carbons (Fsp3) is 0. The Morgan fingerprint density at radius 2 is 1.12 bits per heavy atom. The zero-order chi connectivity index (χ0) is 28.6. The predicted molar refractivity (Wildman–Crippen MR) is 176 cm³/mol. The molecule has 0 fully saturated rings. The van der Waals surface area contributed by atoms with Crippen LogP contribution < -0.4 is 0 Å². The lowest BCUT2D eigenvalue weighted by Crippen LogP contribution is -2.00. The minimum Gasteiger partial charge on any atom is -0.292 e. The second-order valence-corrected chi connectivity index (χ2v) is 10.5. The van der Waals surface area contributed by atoms with Crippen LogP contribution in [-0.2, 0) is 0 Å². The SMILES string of the molecule is c1ccc(-c2nc(-c3ccccc3)n(-c3ccc4cc(-c5cccc6nccnc56)ccc4c3)c2-c2ccccc2)cc1. The molecule has 0 unspecified atom stereocenters. The maximum atomic E-state index is 5.32. The van der Waals surface area contributed by atoms with E-state index < -0.39 is 0 Å². The van der Waals surface area contributed by atoms with E-state index in [1.165, 1.54) is 0 Å². The molecule has 0 radical (unpaired) electrons. The number of hydrogen-bond acceptors (Lipinski definition) is 3. The molecule has 4 nitrogen and oxygen atoms in total. The molecule has 4 heteroatoms. The lowest BCUT2D eigenvalue weighted by atomic mass is 9.99. The van der Waals surface area contributed by atoms with Crippen LogP contribution in [0.5, 0.6) is 0 Å². The lowest BCUT2D eigenvalue weighted by molar-refractivity contribution is 1.08. The topological polar surface area (TPSA) is 43.6 Å². The molecule has 0 N–H and O–H groups in total. The molecular formula is C39H26N4. The Morgan fingerprint density at radius 3 is 1.88 bits per heavy atom. The van der Waals surface area contributed by atoms with Crippen LogP contribution in [0.25, 0.3) is 72.5 Å². The zero-order valence-electron chi connectivity index (χ0n) is 23.3. The maximum Gasteiger partial charge on any atom is 0.145 e. The molecule has 0 amide bonds. The van der Waals surface area contributed by atoms with E-state index in [0.717, 1.165) is 72.5 Å². The highest BCUT2D eigenvalue weighted by Gasteiger charge is 2.22. The lowest BCUT2D eigenvalue weighted by Gasteiger charge is -2.15. The summed E-state index contributed by atoms with van der Waals surface area (Å²) in [6.07, 6.45) is 3.49. The first-order chi connectivity index (χ1) is 21.3. The summed E-state index contributed by atoms with van der Waals surface area (Å²) in [7, 11) is 0. The molecule has 0 aliphatic rings. The van der Waals surface area contributed by atoms with E-state index in [1.807, 2.05) is 24.3 Å². The molecule has 0 bridgehead atoms. The fourth-order valence-electron chi connectivity index (χ4n) is 5.88. The molecule has 2 heterocycles. The standard InChI is InChI=1S/C39H26N4/c1-4-11-27(12-5-1)36-38(28-13-6-2-7-14-28)43(39(42-36)29-15-8-3-9-16-29)33-22-21-30-25-32(20-19-31(30)26-33)34-17-10-18-35-37(34)41-24-23-40-35/h1-26H. The van der Waals surface area contributed by atoms with Crippen molar-refractivity contribution in [3.05, 3.63) is 158 Å². The normalized spacial score (nSPS) is 11.3. The summed E-state index contributed by atoms with van der Waals surface area (Å²) in [5.41, 5.74) is 10.3. The highest BCUT2D eigenvalue weighted by molar-refractivity contribution is 5.96. The Labute approximate surface area is 249 Å². The molecule has 43 heavy (non-hydrogen) atoms. The van der Waals surface area contributed by atoms with Gasteiger partial charge in [-0.25, -0.2) is 4.98 Å². The minimum absolute atomic E-state index is 0.895. The van der Waals surface area contributed by atoms with Gasteiger partial charge in [0, 0.05) is 40.3 Å². The Bertz CT molecular complexity index is 2210. The van der Waals surface area contributed by atoms with Gasteiger partial charge in [0.2, 0.25) is 0 Å². The van der Waals surface area contributed by atoms with E-state index in [4.69, 9.17) is 4.98 Å². The number of rotatable bonds is 5. The molecule has 0 saturated carbocycles. The molecule has 8 aromatic rings. The van der Waals surface area contributed by atoms with Crippen molar-refractivity contribution in [2.45, 2.75) is 0 Å². The molecule has 0 aliphatic heterocycles. The van der Waals surface area contributed by atoms with Crippen LogP contribution in [0.4, 0.5) is 0 Å². The number of para-hydroxylation sites is 1. The minimum atomic E-state index is 0.895. The first-order valence-corrected chi connectivity index (χ1v) is 14.4. The number of fused-ring (bicyclic) bond motifs is 2. The van der Waals surface area contributed by atoms with Crippen LogP contribution in [-0.4, -0.2) is 19.5 Å². The summed E-state index contributed by atoms with van der Waals surface area (Å²) < 4.78 is 2.31. The third-order valence-electron chi connectivity index (χ3n) is 7.90. The first kappa shape index (κ1) is 24.9. The second-order valence-electron chi connectivity index (χ2n) is 10.5. The largest absolute Gasteiger partial charge is 0.292 e.